The largest absolute Gasteiger partial charge is 0.435 e. The zero-order valence-electron chi connectivity index (χ0n) is 18.2. The lowest BCUT2D eigenvalue weighted by Gasteiger charge is -2.35. The molecular weight excluding hydrogens is 500 g/mol. The SMILES string of the molecule is CS(=O)(=O)c1cccc([C@@H]2CCCN(CC(OC(=O)Nc3ccc(F)cc3)C(F)(F)F)C2)c1.Cl. The molecule has 0 bridgehead atoms. The van der Waals surface area contributed by atoms with Crippen molar-refractivity contribution in [2.24, 2.45) is 0 Å². The first-order valence-electron chi connectivity index (χ1n) is 10.2. The highest BCUT2D eigenvalue weighted by atomic mass is 35.5. The van der Waals surface area contributed by atoms with E-state index < -0.39 is 40.6 Å². The number of ether oxygens (including phenoxy) is 1. The molecule has 0 spiro atoms. The van der Waals surface area contributed by atoms with Gasteiger partial charge in [0.15, 0.2) is 9.84 Å². The van der Waals surface area contributed by atoms with Gasteiger partial charge in [-0.3, -0.25) is 10.2 Å². The number of halogens is 5. The number of likely N-dealkylation sites (tertiary alicyclic amines) is 1. The Hall–Kier alpha value is -2.37. The average Bonchev–Trinajstić information content (AvgIpc) is 2.74. The number of nitrogens with zero attached hydrogens (tertiary/aromatic N) is 1. The summed E-state index contributed by atoms with van der Waals surface area (Å²) in [7, 11) is -3.41. The third-order valence-corrected chi connectivity index (χ3v) is 6.50. The fourth-order valence-corrected chi connectivity index (χ4v) is 4.42. The van der Waals surface area contributed by atoms with E-state index in [9.17, 15) is 30.8 Å². The number of rotatable bonds is 6. The molecule has 1 N–H and O–H groups in total. The van der Waals surface area contributed by atoms with Crippen molar-refractivity contribution in [3.05, 3.63) is 59.9 Å². The molecule has 0 aromatic heterocycles. The first-order chi connectivity index (χ1) is 15.4. The van der Waals surface area contributed by atoms with E-state index in [-0.39, 0.29) is 35.5 Å². The van der Waals surface area contributed by atoms with E-state index in [4.69, 9.17) is 0 Å². The molecule has 34 heavy (non-hydrogen) atoms. The number of hydrogen-bond acceptors (Lipinski definition) is 5. The normalized spacial score (nSPS) is 18.0. The summed E-state index contributed by atoms with van der Waals surface area (Å²) >= 11 is 0. The van der Waals surface area contributed by atoms with E-state index in [0.717, 1.165) is 24.0 Å². The maximum absolute atomic E-state index is 13.6. The molecule has 6 nitrogen and oxygen atoms in total. The number of hydrogen-bond donors (Lipinski definition) is 1. The topological polar surface area (TPSA) is 75.7 Å². The van der Waals surface area contributed by atoms with Gasteiger partial charge >= 0.3 is 12.3 Å². The Labute approximate surface area is 201 Å². The molecule has 12 heteroatoms. The van der Waals surface area contributed by atoms with Gasteiger partial charge in [0, 0.05) is 25.0 Å². The standard InChI is InChI=1S/C22H24F4N2O4S.ClH/c1-33(30,31)19-6-2-4-15(12-19)16-5-3-11-28(13-16)14-20(22(24,25)26)32-21(29)27-18-9-7-17(23)8-10-18;/h2,4,6-10,12,16,20H,3,5,11,13-14H2,1H3,(H,27,29);1H/t16-,20?;/m1./s1. The maximum Gasteiger partial charge on any atom is 0.426 e. The first-order valence-corrected chi connectivity index (χ1v) is 12.1. The Morgan fingerprint density at radius 2 is 1.88 bits per heavy atom. The molecule has 1 aliphatic heterocycles. The van der Waals surface area contributed by atoms with Crippen LogP contribution in [0.4, 0.5) is 28.0 Å². The molecular formula is C22H25ClF4N2O4S. The van der Waals surface area contributed by atoms with E-state index in [2.05, 4.69) is 10.1 Å². The Balaban J connectivity index is 0.00000408. The van der Waals surface area contributed by atoms with Gasteiger partial charge in [0.1, 0.15) is 5.82 Å². The van der Waals surface area contributed by atoms with E-state index in [1.807, 2.05) is 0 Å². The van der Waals surface area contributed by atoms with Crippen LogP contribution in [0.15, 0.2) is 53.4 Å². The highest BCUT2D eigenvalue weighted by molar-refractivity contribution is 7.90. The molecule has 0 aliphatic carbocycles. The van der Waals surface area contributed by atoms with Crippen LogP contribution in [0.3, 0.4) is 0 Å². The fraction of sp³-hybridized carbons (Fsp3) is 0.409. The van der Waals surface area contributed by atoms with Crippen LogP contribution in [0.25, 0.3) is 0 Å². The molecule has 1 fully saturated rings. The van der Waals surface area contributed by atoms with Crippen LogP contribution >= 0.6 is 12.4 Å². The summed E-state index contributed by atoms with van der Waals surface area (Å²) in [5, 5.41) is 2.16. The molecule has 1 amide bonds. The van der Waals surface area contributed by atoms with Crippen molar-refractivity contribution < 1.29 is 35.5 Å². The van der Waals surface area contributed by atoms with Gasteiger partial charge in [-0.25, -0.2) is 17.6 Å². The Morgan fingerprint density at radius 3 is 2.50 bits per heavy atom. The molecule has 1 aliphatic rings. The monoisotopic (exact) mass is 524 g/mol. The van der Waals surface area contributed by atoms with E-state index in [1.165, 1.54) is 18.2 Å². The van der Waals surface area contributed by atoms with Crippen LogP contribution in [-0.2, 0) is 14.6 Å². The highest BCUT2D eigenvalue weighted by Crippen LogP contribution is 2.31. The number of benzene rings is 2. The van der Waals surface area contributed by atoms with Crippen molar-refractivity contribution in [2.75, 3.05) is 31.2 Å². The van der Waals surface area contributed by atoms with Crippen molar-refractivity contribution in [3.63, 3.8) is 0 Å². The smallest absolute Gasteiger partial charge is 0.426 e. The number of nitrogens with one attached hydrogen (secondary N) is 1. The van der Waals surface area contributed by atoms with Crippen molar-refractivity contribution in [1.29, 1.82) is 0 Å². The maximum atomic E-state index is 13.6. The number of carbonyl (C=O) groups is 1. The van der Waals surface area contributed by atoms with E-state index >= 15 is 0 Å². The third-order valence-electron chi connectivity index (χ3n) is 5.39. The zero-order chi connectivity index (χ0) is 24.2. The lowest BCUT2D eigenvalue weighted by molar-refractivity contribution is -0.207. The minimum absolute atomic E-state index is 0. The minimum Gasteiger partial charge on any atom is -0.435 e. The summed E-state index contributed by atoms with van der Waals surface area (Å²) in [4.78, 5) is 13.7. The van der Waals surface area contributed by atoms with Crippen molar-refractivity contribution >= 4 is 34.0 Å². The van der Waals surface area contributed by atoms with Gasteiger partial charge in [0.25, 0.3) is 0 Å². The number of anilines is 1. The van der Waals surface area contributed by atoms with Gasteiger partial charge < -0.3 is 4.74 Å². The number of sulfone groups is 1. The molecule has 2 aromatic rings. The molecule has 2 aromatic carbocycles. The van der Waals surface area contributed by atoms with Crippen molar-refractivity contribution in [3.8, 4) is 0 Å². The Morgan fingerprint density at radius 1 is 1.21 bits per heavy atom. The third kappa shape index (κ3) is 7.85. The number of alkyl halides is 3. The predicted octanol–water partition coefficient (Wildman–Crippen LogP) is 5.01. The lowest BCUT2D eigenvalue weighted by atomic mass is 9.90. The quantitative estimate of drug-likeness (QED) is 0.538. The van der Waals surface area contributed by atoms with Gasteiger partial charge in [0.2, 0.25) is 6.10 Å². The van der Waals surface area contributed by atoms with Crippen LogP contribution in [0.1, 0.15) is 24.3 Å². The second-order valence-electron chi connectivity index (χ2n) is 8.01. The molecule has 2 atom stereocenters. The lowest BCUT2D eigenvalue weighted by Crippen LogP contribution is -2.47. The first kappa shape index (κ1) is 27.9. The molecule has 1 heterocycles. The molecule has 188 valence electrons. The van der Waals surface area contributed by atoms with Crippen molar-refractivity contribution in [1.82, 2.24) is 4.90 Å². The van der Waals surface area contributed by atoms with Crippen LogP contribution in [-0.4, -0.2) is 57.6 Å². The predicted molar refractivity (Wildman–Crippen MR) is 122 cm³/mol. The molecule has 0 radical (unpaired) electrons. The Kier molecular flexibility index (Phi) is 9.32. The Bertz CT molecular complexity index is 1080. The van der Waals surface area contributed by atoms with E-state index in [0.29, 0.717) is 19.4 Å². The second kappa shape index (κ2) is 11.4. The fourth-order valence-electron chi connectivity index (χ4n) is 3.74. The number of amides is 1. The molecule has 3 rings (SSSR count). The van der Waals surface area contributed by atoms with Gasteiger partial charge in [0.05, 0.1) is 4.90 Å². The van der Waals surface area contributed by atoms with Gasteiger partial charge in [-0.15, -0.1) is 12.4 Å². The van der Waals surface area contributed by atoms with Gasteiger partial charge in [-0.05, 0) is 67.3 Å². The van der Waals surface area contributed by atoms with Gasteiger partial charge in [-0.1, -0.05) is 12.1 Å². The summed E-state index contributed by atoms with van der Waals surface area (Å²) in [6.45, 7) is 0.100. The summed E-state index contributed by atoms with van der Waals surface area (Å²) in [6.07, 6.45) is -6.03. The van der Waals surface area contributed by atoms with Crippen LogP contribution in [0.5, 0.6) is 0 Å². The molecule has 1 unspecified atom stereocenters. The summed E-state index contributed by atoms with van der Waals surface area (Å²) in [6, 6.07) is 10.9. The molecule has 0 saturated carbocycles. The number of carbonyl (C=O) groups excluding carboxylic acids is 1. The number of piperidine rings is 1. The van der Waals surface area contributed by atoms with Crippen molar-refractivity contribution in [2.45, 2.75) is 35.9 Å². The van der Waals surface area contributed by atoms with Crippen LogP contribution < -0.4 is 5.32 Å². The van der Waals surface area contributed by atoms with Crippen LogP contribution in [0.2, 0.25) is 0 Å². The zero-order valence-corrected chi connectivity index (χ0v) is 19.9. The highest BCUT2D eigenvalue weighted by Gasteiger charge is 2.44. The summed E-state index contributed by atoms with van der Waals surface area (Å²) < 4.78 is 82.0. The summed E-state index contributed by atoms with van der Waals surface area (Å²) in [5.41, 5.74) is 0.840. The van der Waals surface area contributed by atoms with Gasteiger partial charge in [-0.2, -0.15) is 13.2 Å². The van der Waals surface area contributed by atoms with Crippen LogP contribution in [0, 0.1) is 5.82 Å². The summed E-state index contributed by atoms with van der Waals surface area (Å²) in [5.74, 6) is -0.703. The second-order valence-corrected chi connectivity index (χ2v) is 10.0. The minimum atomic E-state index is -4.79. The van der Waals surface area contributed by atoms with E-state index in [1.54, 1.807) is 23.1 Å². The average molecular weight is 525 g/mol. The molecule has 1 saturated heterocycles.